The smallest absolute Gasteiger partial charge is 0.165 e. The van der Waals surface area contributed by atoms with Crippen molar-refractivity contribution in [3.63, 3.8) is 0 Å². The van der Waals surface area contributed by atoms with Crippen molar-refractivity contribution in [3.05, 3.63) is 0 Å². The average Bonchev–Trinajstić information content (AvgIpc) is 3.01. The third-order valence-corrected chi connectivity index (χ3v) is 10.7. The Morgan fingerprint density at radius 3 is 2.43 bits per heavy atom. The SMILES string of the molecule is CC(C)CCC[C@H](C)[C@H]1CCC2C3CC(=O)[C@@]4(O)CC(=O)CC[C@]4(C)C3CC[C@@]21C. The van der Waals surface area contributed by atoms with Gasteiger partial charge in [-0.25, -0.2) is 0 Å². The molecule has 4 fully saturated rings. The van der Waals surface area contributed by atoms with Gasteiger partial charge in [-0.2, -0.15) is 0 Å². The molecule has 4 aliphatic rings. The van der Waals surface area contributed by atoms with Gasteiger partial charge in [0.05, 0.1) is 0 Å². The zero-order valence-electron chi connectivity index (χ0n) is 20.0. The molecule has 0 saturated heterocycles. The molecule has 4 rings (SSSR count). The van der Waals surface area contributed by atoms with E-state index in [2.05, 4.69) is 34.6 Å². The van der Waals surface area contributed by atoms with Crippen LogP contribution in [-0.4, -0.2) is 22.3 Å². The van der Waals surface area contributed by atoms with Gasteiger partial charge in [-0.15, -0.1) is 0 Å². The van der Waals surface area contributed by atoms with Gasteiger partial charge in [0.1, 0.15) is 11.4 Å². The maximum absolute atomic E-state index is 13.3. The number of hydrogen-bond acceptors (Lipinski definition) is 3. The Bertz CT molecular complexity index is 698. The summed E-state index contributed by atoms with van der Waals surface area (Å²) < 4.78 is 0. The van der Waals surface area contributed by atoms with E-state index in [-0.39, 0.29) is 18.0 Å². The van der Waals surface area contributed by atoms with E-state index in [1.54, 1.807) is 0 Å². The fraction of sp³-hybridized carbons (Fsp3) is 0.926. The van der Waals surface area contributed by atoms with Gasteiger partial charge in [0.15, 0.2) is 5.78 Å². The van der Waals surface area contributed by atoms with Crippen molar-refractivity contribution in [2.45, 2.75) is 111 Å². The number of rotatable bonds is 5. The Morgan fingerprint density at radius 1 is 1.00 bits per heavy atom. The van der Waals surface area contributed by atoms with Gasteiger partial charge in [-0.05, 0) is 73.0 Å². The van der Waals surface area contributed by atoms with Gasteiger partial charge < -0.3 is 5.11 Å². The van der Waals surface area contributed by atoms with Crippen molar-refractivity contribution in [3.8, 4) is 0 Å². The molecule has 3 nitrogen and oxygen atoms in total. The van der Waals surface area contributed by atoms with E-state index in [9.17, 15) is 14.7 Å². The molecular formula is C27H44O3. The van der Waals surface area contributed by atoms with Gasteiger partial charge in [-0.1, -0.05) is 53.9 Å². The minimum absolute atomic E-state index is 0.0306. The Kier molecular flexibility index (Phi) is 5.78. The molecule has 0 aromatic carbocycles. The quantitative estimate of drug-likeness (QED) is 0.600. The van der Waals surface area contributed by atoms with Crippen molar-refractivity contribution in [1.82, 2.24) is 0 Å². The minimum atomic E-state index is -1.40. The van der Waals surface area contributed by atoms with Gasteiger partial charge >= 0.3 is 0 Å². The van der Waals surface area contributed by atoms with E-state index < -0.39 is 11.0 Å². The summed E-state index contributed by atoms with van der Waals surface area (Å²) >= 11 is 0. The van der Waals surface area contributed by atoms with E-state index in [4.69, 9.17) is 0 Å². The van der Waals surface area contributed by atoms with E-state index in [1.165, 1.54) is 38.5 Å². The molecule has 0 aromatic rings. The molecular weight excluding hydrogens is 372 g/mol. The lowest BCUT2D eigenvalue weighted by atomic mass is 9.42. The molecule has 0 aromatic heterocycles. The van der Waals surface area contributed by atoms with E-state index >= 15 is 0 Å². The molecule has 3 heteroatoms. The predicted octanol–water partition coefficient (Wildman–Crippen LogP) is 5.97. The van der Waals surface area contributed by atoms with Crippen LogP contribution in [0.5, 0.6) is 0 Å². The molecule has 3 unspecified atom stereocenters. The molecule has 0 bridgehead atoms. The fourth-order valence-corrected chi connectivity index (χ4v) is 8.86. The van der Waals surface area contributed by atoms with Gasteiger partial charge in [0.2, 0.25) is 0 Å². The van der Waals surface area contributed by atoms with Crippen LogP contribution in [0.15, 0.2) is 0 Å². The average molecular weight is 417 g/mol. The highest BCUT2D eigenvalue weighted by atomic mass is 16.3. The molecule has 0 aliphatic heterocycles. The lowest BCUT2D eigenvalue weighted by Gasteiger charge is -2.62. The highest BCUT2D eigenvalue weighted by Gasteiger charge is 2.67. The molecule has 8 atom stereocenters. The maximum atomic E-state index is 13.3. The van der Waals surface area contributed by atoms with E-state index in [1.807, 2.05) is 0 Å². The highest BCUT2D eigenvalue weighted by Crippen LogP contribution is 2.68. The summed E-state index contributed by atoms with van der Waals surface area (Å²) in [5.74, 6) is 3.76. The second-order valence-electron chi connectivity index (χ2n) is 12.5. The Balaban J connectivity index is 1.54. The second kappa shape index (κ2) is 7.71. The van der Waals surface area contributed by atoms with Crippen molar-refractivity contribution in [2.75, 3.05) is 0 Å². The highest BCUT2D eigenvalue weighted by molar-refractivity contribution is 5.96. The van der Waals surface area contributed by atoms with Crippen molar-refractivity contribution in [1.29, 1.82) is 0 Å². The van der Waals surface area contributed by atoms with E-state index in [0.29, 0.717) is 42.4 Å². The van der Waals surface area contributed by atoms with Crippen LogP contribution >= 0.6 is 0 Å². The number of hydrogen-bond donors (Lipinski definition) is 1. The van der Waals surface area contributed by atoms with Crippen LogP contribution in [0.1, 0.15) is 105 Å². The molecule has 4 aliphatic carbocycles. The normalized spacial score (nSPS) is 47.0. The molecule has 0 amide bonds. The summed E-state index contributed by atoms with van der Waals surface area (Å²) in [5, 5.41) is 11.4. The maximum Gasteiger partial charge on any atom is 0.165 e. The van der Waals surface area contributed by atoms with Crippen LogP contribution < -0.4 is 0 Å². The molecule has 30 heavy (non-hydrogen) atoms. The standard InChI is InChI=1S/C27H44O3/c1-17(2)7-6-8-18(3)21-9-10-22-20-15-24(29)27(30)16-19(28)11-14-26(27,5)23(20)12-13-25(21,22)4/h17-18,20-23,30H,6-16H2,1-5H3/t18-,20?,21+,22?,23?,25+,26+,27-/m0/s1. The number of aliphatic hydroxyl groups is 1. The van der Waals surface area contributed by atoms with Crippen molar-refractivity contribution >= 4 is 11.6 Å². The first kappa shape index (κ1) is 22.5. The van der Waals surface area contributed by atoms with Crippen LogP contribution in [0.2, 0.25) is 0 Å². The topological polar surface area (TPSA) is 54.4 Å². The number of carbonyl (C=O) groups excluding carboxylic acids is 2. The lowest BCUT2D eigenvalue weighted by molar-refractivity contribution is -0.203. The van der Waals surface area contributed by atoms with Crippen LogP contribution in [0.3, 0.4) is 0 Å². The zero-order chi connectivity index (χ0) is 21.9. The third-order valence-electron chi connectivity index (χ3n) is 10.7. The Morgan fingerprint density at radius 2 is 1.73 bits per heavy atom. The van der Waals surface area contributed by atoms with Crippen LogP contribution in [0.25, 0.3) is 0 Å². The van der Waals surface area contributed by atoms with E-state index in [0.717, 1.165) is 24.2 Å². The Hall–Kier alpha value is -0.700. The number of Topliss-reactive ketones (excluding diaryl/α,β-unsaturated/α-hetero) is 2. The summed E-state index contributed by atoms with van der Waals surface area (Å²) in [5.41, 5.74) is -1.47. The van der Waals surface area contributed by atoms with Crippen LogP contribution in [-0.2, 0) is 9.59 Å². The van der Waals surface area contributed by atoms with Gasteiger partial charge in [0, 0.05) is 24.7 Å². The summed E-state index contributed by atoms with van der Waals surface area (Å²) in [4.78, 5) is 25.4. The molecule has 4 saturated carbocycles. The molecule has 0 spiro atoms. The minimum Gasteiger partial charge on any atom is -0.381 e. The van der Waals surface area contributed by atoms with Gasteiger partial charge in [0.25, 0.3) is 0 Å². The molecule has 1 N–H and O–H groups in total. The summed E-state index contributed by atoms with van der Waals surface area (Å²) in [6, 6.07) is 0. The first-order chi connectivity index (χ1) is 14.0. The number of carbonyl (C=O) groups is 2. The number of ketones is 2. The fourth-order valence-electron chi connectivity index (χ4n) is 8.86. The first-order valence-corrected chi connectivity index (χ1v) is 12.8. The third kappa shape index (κ3) is 3.24. The summed E-state index contributed by atoms with van der Waals surface area (Å²) in [7, 11) is 0. The van der Waals surface area contributed by atoms with Crippen molar-refractivity contribution in [2.24, 2.45) is 46.3 Å². The first-order valence-electron chi connectivity index (χ1n) is 12.8. The molecule has 0 heterocycles. The molecule has 170 valence electrons. The summed E-state index contributed by atoms with van der Waals surface area (Å²) in [6.45, 7) is 11.8. The van der Waals surface area contributed by atoms with Crippen LogP contribution in [0, 0.1) is 46.3 Å². The monoisotopic (exact) mass is 416 g/mol. The molecule has 0 radical (unpaired) electrons. The van der Waals surface area contributed by atoms with Crippen molar-refractivity contribution < 1.29 is 14.7 Å². The Labute approximate surface area is 183 Å². The van der Waals surface area contributed by atoms with Gasteiger partial charge in [-0.3, -0.25) is 9.59 Å². The zero-order valence-corrected chi connectivity index (χ0v) is 20.0. The second-order valence-corrected chi connectivity index (χ2v) is 12.5. The summed E-state index contributed by atoms with van der Waals surface area (Å²) in [6.07, 6.45) is 10.7. The van der Waals surface area contributed by atoms with Crippen LogP contribution in [0.4, 0.5) is 0 Å². The number of fused-ring (bicyclic) bond motifs is 5. The predicted molar refractivity (Wildman–Crippen MR) is 120 cm³/mol. The largest absolute Gasteiger partial charge is 0.381 e. The lowest BCUT2D eigenvalue weighted by Crippen LogP contribution is -2.66.